The second-order valence-corrected chi connectivity index (χ2v) is 8.43. The molecule has 1 N–H and O–H groups in total. The Morgan fingerprint density at radius 2 is 1.72 bits per heavy atom. The molecule has 0 heterocycles. The molecule has 0 aliphatic carbocycles. The van der Waals surface area contributed by atoms with Gasteiger partial charge < -0.3 is 10.1 Å². The fraction of sp³-hybridized carbons (Fsp3) is 0.250. The molecule has 0 aromatic heterocycles. The maximum absolute atomic E-state index is 12.5. The number of benzene rings is 2. The van der Waals surface area contributed by atoms with Gasteiger partial charge in [-0.25, -0.2) is 8.42 Å². The van der Waals surface area contributed by atoms with Gasteiger partial charge in [0.05, 0.1) is 16.5 Å². The molecule has 8 nitrogen and oxygen atoms in total. The zero-order chi connectivity index (χ0) is 21.6. The Bertz CT molecular complexity index is 1030. The van der Waals surface area contributed by atoms with Crippen molar-refractivity contribution in [2.24, 2.45) is 0 Å². The number of esters is 1. The van der Waals surface area contributed by atoms with Crippen LogP contribution in [0.5, 0.6) is 0 Å². The third-order valence-corrected chi connectivity index (χ3v) is 5.86. The number of sulfonamides is 1. The summed E-state index contributed by atoms with van der Waals surface area (Å²) in [6.07, 6.45) is -1.13. The predicted molar refractivity (Wildman–Crippen MR) is 106 cm³/mol. The molecule has 2 aromatic carbocycles. The second-order valence-electron chi connectivity index (χ2n) is 6.38. The molecule has 9 heteroatoms. The number of carbonyl (C=O) groups is 2. The number of ether oxygens (including phenoxy) is 1. The molecule has 0 spiro atoms. The molecule has 0 unspecified atom stereocenters. The third-order valence-electron chi connectivity index (χ3n) is 4.04. The maximum atomic E-state index is 12.5. The van der Waals surface area contributed by atoms with Crippen LogP contribution < -0.4 is 5.32 Å². The van der Waals surface area contributed by atoms with Crippen molar-refractivity contribution in [1.82, 2.24) is 4.31 Å². The van der Waals surface area contributed by atoms with Gasteiger partial charge in [0.15, 0.2) is 6.10 Å². The van der Waals surface area contributed by atoms with Crippen LogP contribution >= 0.6 is 0 Å². The van der Waals surface area contributed by atoms with E-state index >= 15 is 0 Å². The molecular formula is C20H21N3O5S. The largest absolute Gasteiger partial charge is 0.452 e. The van der Waals surface area contributed by atoms with Crippen LogP contribution in [0, 0.1) is 18.3 Å². The molecular weight excluding hydrogens is 394 g/mol. The molecule has 0 fully saturated rings. The highest BCUT2D eigenvalue weighted by Gasteiger charge is 2.25. The normalized spacial score (nSPS) is 12.1. The number of nitriles is 1. The molecule has 0 bridgehead atoms. The fourth-order valence-corrected chi connectivity index (χ4v) is 3.43. The molecule has 0 aliphatic rings. The first kappa shape index (κ1) is 22.1. The van der Waals surface area contributed by atoms with E-state index < -0.39 is 34.5 Å². The quantitative estimate of drug-likeness (QED) is 0.692. The first-order chi connectivity index (χ1) is 13.6. The van der Waals surface area contributed by atoms with Crippen LogP contribution in [0.3, 0.4) is 0 Å². The van der Waals surface area contributed by atoms with Crippen molar-refractivity contribution in [3.05, 3.63) is 59.7 Å². The van der Waals surface area contributed by atoms with Gasteiger partial charge in [0.2, 0.25) is 10.0 Å². The van der Waals surface area contributed by atoms with Gasteiger partial charge in [-0.2, -0.15) is 9.57 Å². The summed E-state index contributed by atoms with van der Waals surface area (Å²) in [5.74, 6) is -1.43. The summed E-state index contributed by atoms with van der Waals surface area (Å²) in [6.45, 7) is 2.68. The Morgan fingerprint density at radius 3 is 2.28 bits per heavy atom. The summed E-state index contributed by atoms with van der Waals surface area (Å²) in [5.41, 5.74) is 1.80. The smallest absolute Gasteiger partial charge is 0.322 e. The number of nitrogens with zero attached hydrogens (tertiary/aromatic N) is 2. The van der Waals surface area contributed by atoms with Crippen LogP contribution in [0.15, 0.2) is 53.4 Å². The van der Waals surface area contributed by atoms with Gasteiger partial charge in [-0.05, 0) is 50.2 Å². The Morgan fingerprint density at radius 1 is 1.14 bits per heavy atom. The molecule has 2 rings (SSSR count). The summed E-state index contributed by atoms with van der Waals surface area (Å²) >= 11 is 0. The number of amides is 1. The predicted octanol–water partition coefficient (Wildman–Crippen LogP) is 2.06. The lowest BCUT2D eigenvalue weighted by Crippen LogP contribution is -2.37. The van der Waals surface area contributed by atoms with Gasteiger partial charge in [0.1, 0.15) is 6.54 Å². The zero-order valence-corrected chi connectivity index (χ0v) is 17.1. The number of rotatable bonds is 7. The van der Waals surface area contributed by atoms with E-state index in [-0.39, 0.29) is 4.90 Å². The number of aryl methyl sites for hydroxylation is 1. The van der Waals surface area contributed by atoms with Crippen molar-refractivity contribution in [2.45, 2.75) is 24.8 Å². The standard InChI is InChI=1S/C20H21N3O5S/c1-14-4-10-18(11-5-14)29(26,27)23(3)13-19(24)28-15(2)20(25)22-17-8-6-16(12-21)7-9-17/h4-11,15H,13H2,1-3H3,(H,22,25)/t15-/m1/s1. The maximum Gasteiger partial charge on any atom is 0.322 e. The summed E-state index contributed by atoms with van der Waals surface area (Å²) in [7, 11) is -2.59. The molecule has 0 saturated heterocycles. The Balaban J connectivity index is 1.93. The average molecular weight is 415 g/mol. The highest BCUT2D eigenvalue weighted by atomic mass is 32.2. The first-order valence-corrected chi connectivity index (χ1v) is 10.1. The van der Waals surface area contributed by atoms with Gasteiger partial charge in [-0.1, -0.05) is 17.7 Å². The number of nitrogens with one attached hydrogen (secondary N) is 1. The molecule has 0 aliphatic heterocycles. The fourth-order valence-electron chi connectivity index (χ4n) is 2.32. The van der Waals surface area contributed by atoms with Crippen molar-refractivity contribution in [2.75, 3.05) is 18.9 Å². The minimum atomic E-state index is -3.86. The number of carbonyl (C=O) groups excluding carboxylic acids is 2. The van der Waals surface area contributed by atoms with Crippen LogP contribution in [0.2, 0.25) is 0 Å². The van der Waals surface area contributed by atoms with Crippen LogP contribution in [-0.2, 0) is 24.3 Å². The third kappa shape index (κ3) is 5.88. The molecule has 1 atom stereocenters. The average Bonchev–Trinajstić information content (AvgIpc) is 2.68. The van der Waals surface area contributed by atoms with Crippen molar-refractivity contribution in [1.29, 1.82) is 5.26 Å². The number of likely N-dealkylation sites (N-methyl/N-ethyl adjacent to an activating group) is 1. The van der Waals surface area contributed by atoms with Crippen LogP contribution in [0.25, 0.3) is 0 Å². The van der Waals surface area contributed by atoms with Gasteiger partial charge in [0, 0.05) is 12.7 Å². The van der Waals surface area contributed by atoms with E-state index in [1.165, 1.54) is 38.2 Å². The van der Waals surface area contributed by atoms with E-state index in [9.17, 15) is 18.0 Å². The molecule has 0 radical (unpaired) electrons. The van der Waals surface area contributed by atoms with Crippen LogP contribution in [0.1, 0.15) is 18.1 Å². The number of hydrogen-bond donors (Lipinski definition) is 1. The Labute approximate surface area is 169 Å². The lowest BCUT2D eigenvalue weighted by Gasteiger charge is -2.18. The summed E-state index contributed by atoms with van der Waals surface area (Å²) in [6, 6.07) is 14.4. The van der Waals surface area contributed by atoms with Crippen LogP contribution in [-0.4, -0.2) is 44.3 Å². The van der Waals surface area contributed by atoms with E-state index in [1.807, 2.05) is 13.0 Å². The zero-order valence-electron chi connectivity index (χ0n) is 16.2. The SMILES string of the molecule is Cc1ccc(S(=O)(=O)N(C)CC(=O)O[C@H](C)C(=O)Nc2ccc(C#N)cc2)cc1. The van der Waals surface area contributed by atoms with Crippen molar-refractivity contribution in [3.63, 3.8) is 0 Å². The molecule has 152 valence electrons. The Hall–Kier alpha value is -3.22. The minimum Gasteiger partial charge on any atom is -0.452 e. The van der Waals surface area contributed by atoms with E-state index in [0.717, 1.165) is 9.87 Å². The van der Waals surface area contributed by atoms with E-state index in [0.29, 0.717) is 11.3 Å². The van der Waals surface area contributed by atoms with Gasteiger partial charge >= 0.3 is 5.97 Å². The second kappa shape index (κ2) is 9.32. The lowest BCUT2D eigenvalue weighted by atomic mass is 10.2. The van der Waals surface area contributed by atoms with Crippen molar-refractivity contribution < 1.29 is 22.7 Å². The lowest BCUT2D eigenvalue weighted by molar-refractivity contribution is -0.153. The molecule has 2 aromatic rings. The van der Waals surface area contributed by atoms with Crippen LogP contribution in [0.4, 0.5) is 5.69 Å². The Kier molecular flexibility index (Phi) is 7.09. The molecule has 0 saturated carbocycles. The summed E-state index contributed by atoms with van der Waals surface area (Å²) in [5, 5.41) is 11.3. The van der Waals surface area contributed by atoms with E-state index in [2.05, 4.69) is 5.32 Å². The first-order valence-electron chi connectivity index (χ1n) is 8.67. The highest BCUT2D eigenvalue weighted by molar-refractivity contribution is 7.89. The van der Waals surface area contributed by atoms with E-state index in [1.54, 1.807) is 24.3 Å². The molecule has 1 amide bonds. The van der Waals surface area contributed by atoms with Crippen molar-refractivity contribution >= 4 is 27.6 Å². The number of hydrogen-bond acceptors (Lipinski definition) is 6. The molecule has 29 heavy (non-hydrogen) atoms. The summed E-state index contributed by atoms with van der Waals surface area (Å²) < 4.78 is 30.9. The van der Waals surface area contributed by atoms with E-state index in [4.69, 9.17) is 10.00 Å². The minimum absolute atomic E-state index is 0.0602. The van der Waals surface area contributed by atoms with Gasteiger partial charge in [-0.3, -0.25) is 9.59 Å². The van der Waals surface area contributed by atoms with Gasteiger partial charge in [0.25, 0.3) is 5.91 Å². The monoisotopic (exact) mass is 415 g/mol. The van der Waals surface area contributed by atoms with Gasteiger partial charge in [-0.15, -0.1) is 0 Å². The summed E-state index contributed by atoms with van der Waals surface area (Å²) in [4.78, 5) is 24.3. The highest BCUT2D eigenvalue weighted by Crippen LogP contribution is 2.15. The number of anilines is 1. The topological polar surface area (TPSA) is 117 Å². The van der Waals surface area contributed by atoms with Crippen molar-refractivity contribution in [3.8, 4) is 6.07 Å².